The van der Waals surface area contributed by atoms with Crippen molar-refractivity contribution in [2.45, 2.75) is 45.6 Å². The van der Waals surface area contributed by atoms with Crippen LogP contribution in [-0.2, 0) is 0 Å². The van der Waals surface area contributed by atoms with E-state index in [1.54, 1.807) is 0 Å². The molecule has 0 heterocycles. The van der Waals surface area contributed by atoms with Gasteiger partial charge in [0, 0.05) is 16.2 Å². The summed E-state index contributed by atoms with van der Waals surface area (Å²) in [5.74, 6) is 0.874. The van der Waals surface area contributed by atoms with Crippen LogP contribution >= 0.6 is 15.9 Å². The van der Waals surface area contributed by atoms with Crippen LogP contribution in [0.15, 0.2) is 22.7 Å². The molecule has 1 nitrogen and oxygen atoms in total. The van der Waals surface area contributed by atoms with Gasteiger partial charge in [-0.1, -0.05) is 41.8 Å². The van der Waals surface area contributed by atoms with E-state index in [0.717, 1.165) is 5.92 Å². The summed E-state index contributed by atoms with van der Waals surface area (Å²) in [7, 11) is 0. The first-order chi connectivity index (χ1) is 7.66. The van der Waals surface area contributed by atoms with Crippen LogP contribution in [0.3, 0.4) is 0 Å². The van der Waals surface area contributed by atoms with Crippen molar-refractivity contribution >= 4 is 21.6 Å². The Hall–Kier alpha value is -0.500. The summed E-state index contributed by atoms with van der Waals surface area (Å²) in [6.07, 6.45) is 5.39. The van der Waals surface area contributed by atoms with Crippen LogP contribution < -0.4 is 5.32 Å². The highest BCUT2D eigenvalue weighted by Gasteiger charge is 2.19. The van der Waals surface area contributed by atoms with Gasteiger partial charge < -0.3 is 5.32 Å². The average Bonchev–Trinajstić information content (AvgIpc) is 2.25. The van der Waals surface area contributed by atoms with Gasteiger partial charge in [0.05, 0.1) is 0 Å². The normalized spacial score (nSPS) is 25.4. The Balaban J connectivity index is 2.05. The molecule has 16 heavy (non-hydrogen) atoms. The molecule has 1 aromatic rings. The molecule has 0 aliphatic heterocycles. The minimum Gasteiger partial charge on any atom is -0.382 e. The van der Waals surface area contributed by atoms with Crippen LogP contribution in [0.4, 0.5) is 5.69 Å². The van der Waals surface area contributed by atoms with E-state index in [2.05, 4.69) is 53.3 Å². The molecule has 2 unspecified atom stereocenters. The zero-order chi connectivity index (χ0) is 11.5. The molecular formula is C14H20BrN. The van der Waals surface area contributed by atoms with Gasteiger partial charge in [-0.05, 0) is 43.4 Å². The van der Waals surface area contributed by atoms with Gasteiger partial charge in [0.15, 0.2) is 0 Å². The van der Waals surface area contributed by atoms with Crippen molar-refractivity contribution in [2.75, 3.05) is 5.32 Å². The summed E-state index contributed by atoms with van der Waals surface area (Å²) >= 11 is 3.58. The molecule has 1 N–H and O–H groups in total. The van der Waals surface area contributed by atoms with E-state index in [4.69, 9.17) is 0 Å². The monoisotopic (exact) mass is 281 g/mol. The molecule has 2 atom stereocenters. The van der Waals surface area contributed by atoms with Gasteiger partial charge in [-0.25, -0.2) is 0 Å². The highest BCUT2D eigenvalue weighted by Crippen LogP contribution is 2.29. The highest BCUT2D eigenvalue weighted by atomic mass is 79.9. The maximum atomic E-state index is 3.69. The second-order valence-corrected chi connectivity index (χ2v) is 5.88. The fraction of sp³-hybridized carbons (Fsp3) is 0.571. The van der Waals surface area contributed by atoms with Crippen LogP contribution in [0.5, 0.6) is 0 Å². The standard InChI is InChI=1S/C14H20BrN/c1-10-5-3-6-12(9-10)16-14-8-4-7-13(15)11(14)2/h4,7-8,10,12,16H,3,5-6,9H2,1-2H3. The largest absolute Gasteiger partial charge is 0.382 e. The molecule has 1 fully saturated rings. The number of anilines is 1. The molecule has 0 spiro atoms. The molecule has 2 rings (SSSR count). The van der Waals surface area contributed by atoms with E-state index in [9.17, 15) is 0 Å². The van der Waals surface area contributed by atoms with Crippen molar-refractivity contribution in [3.05, 3.63) is 28.2 Å². The van der Waals surface area contributed by atoms with E-state index < -0.39 is 0 Å². The van der Waals surface area contributed by atoms with Gasteiger partial charge in [-0.15, -0.1) is 0 Å². The third-order valence-electron chi connectivity index (χ3n) is 3.56. The summed E-state index contributed by atoms with van der Waals surface area (Å²) < 4.78 is 1.20. The predicted molar refractivity (Wildman–Crippen MR) is 73.9 cm³/mol. The first-order valence-corrected chi connectivity index (χ1v) is 6.98. The summed E-state index contributed by atoms with van der Waals surface area (Å²) in [6.45, 7) is 4.53. The van der Waals surface area contributed by atoms with E-state index in [-0.39, 0.29) is 0 Å². The van der Waals surface area contributed by atoms with Gasteiger partial charge in [0.2, 0.25) is 0 Å². The van der Waals surface area contributed by atoms with Crippen LogP contribution in [0, 0.1) is 12.8 Å². The average molecular weight is 282 g/mol. The molecular weight excluding hydrogens is 262 g/mol. The van der Waals surface area contributed by atoms with Crippen LogP contribution in [0.25, 0.3) is 0 Å². The lowest BCUT2D eigenvalue weighted by Gasteiger charge is -2.29. The number of rotatable bonds is 2. The molecule has 1 aliphatic carbocycles. The van der Waals surface area contributed by atoms with Crippen LogP contribution in [0.2, 0.25) is 0 Å². The Kier molecular flexibility index (Phi) is 3.91. The summed E-state index contributed by atoms with van der Waals surface area (Å²) in [5.41, 5.74) is 2.61. The second-order valence-electron chi connectivity index (χ2n) is 5.03. The topological polar surface area (TPSA) is 12.0 Å². The Morgan fingerprint density at radius 1 is 1.31 bits per heavy atom. The maximum absolute atomic E-state index is 3.69. The zero-order valence-corrected chi connectivity index (χ0v) is 11.7. The SMILES string of the molecule is Cc1c(Br)cccc1NC1CCCC(C)C1. The molecule has 0 bridgehead atoms. The van der Waals surface area contributed by atoms with Gasteiger partial charge in [0.1, 0.15) is 0 Å². The van der Waals surface area contributed by atoms with Gasteiger partial charge in [-0.3, -0.25) is 0 Å². The van der Waals surface area contributed by atoms with E-state index >= 15 is 0 Å². The lowest BCUT2D eigenvalue weighted by atomic mass is 9.87. The molecule has 2 heteroatoms. The van der Waals surface area contributed by atoms with Crippen LogP contribution in [-0.4, -0.2) is 6.04 Å². The minimum atomic E-state index is 0.664. The Morgan fingerprint density at radius 2 is 2.12 bits per heavy atom. The van der Waals surface area contributed by atoms with Crippen molar-refractivity contribution in [3.8, 4) is 0 Å². The van der Waals surface area contributed by atoms with E-state index in [1.807, 2.05) is 0 Å². The number of halogens is 1. The third kappa shape index (κ3) is 2.79. The highest BCUT2D eigenvalue weighted by molar-refractivity contribution is 9.10. The third-order valence-corrected chi connectivity index (χ3v) is 4.42. The van der Waals surface area contributed by atoms with E-state index in [0.29, 0.717) is 6.04 Å². The molecule has 0 aromatic heterocycles. The number of hydrogen-bond donors (Lipinski definition) is 1. The van der Waals surface area contributed by atoms with Gasteiger partial charge >= 0.3 is 0 Å². The summed E-state index contributed by atoms with van der Waals surface area (Å²) in [4.78, 5) is 0. The van der Waals surface area contributed by atoms with Gasteiger partial charge in [0.25, 0.3) is 0 Å². The number of hydrogen-bond acceptors (Lipinski definition) is 1. The first-order valence-electron chi connectivity index (χ1n) is 6.18. The lowest BCUT2D eigenvalue weighted by Crippen LogP contribution is -2.26. The molecule has 1 aromatic carbocycles. The maximum Gasteiger partial charge on any atom is 0.0383 e. The quantitative estimate of drug-likeness (QED) is 0.825. The fourth-order valence-corrected chi connectivity index (χ4v) is 2.92. The van der Waals surface area contributed by atoms with Gasteiger partial charge in [-0.2, -0.15) is 0 Å². The Bertz CT molecular complexity index is 362. The second kappa shape index (κ2) is 5.22. The zero-order valence-electron chi connectivity index (χ0n) is 10.1. The van der Waals surface area contributed by atoms with Crippen LogP contribution in [0.1, 0.15) is 38.2 Å². The number of benzene rings is 1. The predicted octanol–water partition coefficient (Wildman–Crippen LogP) is 4.75. The molecule has 1 saturated carbocycles. The first kappa shape index (κ1) is 12.0. The Labute approximate surface area is 107 Å². The van der Waals surface area contributed by atoms with Crippen molar-refractivity contribution in [2.24, 2.45) is 5.92 Å². The smallest absolute Gasteiger partial charge is 0.0383 e. The van der Waals surface area contributed by atoms with Crippen molar-refractivity contribution in [1.82, 2.24) is 0 Å². The Morgan fingerprint density at radius 3 is 2.88 bits per heavy atom. The number of nitrogens with one attached hydrogen (secondary N) is 1. The summed E-state index contributed by atoms with van der Waals surface area (Å²) in [5, 5.41) is 3.69. The molecule has 1 aliphatic rings. The lowest BCUT2D eigenvalue weighted by molar-refractivity contribution is 0.358. The fourth-order valence-electron chi connectivity index (χ4n) is 2.55. The molecule has 0 saturated heterocycles. The van der Waals surface area contributed by atoms with E-state index in [1.165, 1.54) is 41.4 Å². The molecule has 0 radical (unpaired) electrons. The van der Waals surface area contributed by atoms with Crippen molar-refractivity contribution in [1.29, 1.82) is 0 Å². The summed E-state index contributed by atoms with van der Waals surface area (Å²) in [6, 6.07) is 7.05. The molecule has 0 amide bonds. The van der Waals surface area contributed by atoms with Crippen molar-refractivity contribution < 1.29 is 0 Å². The van der Waals surface area contributed by atoms with Crippen molar-refractivity contribution in [3.63, 3.8) is 0 Å². The molecule has 88 valence electrons. The minimum absolute atomic E-state index is 0.664.